The standard InChI is InChI=1S/C15H15F2NO3/c1-15(2)4-3-8(21-15)7-18-12-6-11(17)10(16)5-9(12)13(19)14(18)20/h5-6,8H,3-4,7H2,1-2H3. The van der Waals surface area contributed by atoms with Gasteiger partial charge in [-0.05, 0) is 32.8 Å². The summed E-state index contributed by atoms with van der Waals surface area (Å²) in [5.74, 6) is -3.77. The van der Waals surface area contributed by atoms with Crippen molar-refractivity contribution >= 4 is 17.4 Å². The van der Waals surface area contributed by atoms with E-state index in [1.54, 1.807) is 0 Å². The predicted molar refractivity (Wildman–Crippen MR) is 71.2 cm³/mol. The third kappa shape index (κ3) is 2.33. The average Bonchev–Trinajstić information content (AvgIpc) is 2.85. The van der Waals surface area contributed by atoms with Gasteiger partial charge in [0.1, 0.15) is 0 Å². The van der Waals surface area contributed by atoms with E-state index in [1.165, 1.54) is 4.90 Å². The van der Waals surface area contributed by atoms with Crippen molar-refractivity contribution in [1.82, 2.24) is 0 Å². The van der Waals surface area contributed by atoms with Crippen LogP contribution < -0.4 is 4.90 Å². The van der Waals surface area contributed by atoms with E-state index in [0.717, 1.165) is 25.0 Å². The molecule has 0 saturated carbocycles. The topological polar surface area (TPSA) is 46.6 Å². The Kier molecular flexibility index (Phi) is 3.09. The molecule has 1 aromatic rings. The number of amides is 1. The lowest BCUT2D eigenvalue weighted by Gasteiger charge is -2.23. The molecule has 1 atom stereocenters. The fourth-order valence-corrected chi connectivity index (χ4v) is 2.88. The first-order valence-corrected chi connectivity index (χ1v) is 6.81. The monoisotopic (exact) mass is 295 g/mol. The van der Waals surface area contributed by atoms with Gasteiger partial charge in [-0.2, -0.15) is 0 Å². The molecule has 0 N–H and O–H groups in total. The van der Waals surface area contributed by atoms with Crippen LogP contribution in [0.4, 0.5) is 14.5 Å². The molecule has 1 aromatic carbocycles. The second-order valence-corrected chi connectivity index (χ2v) is 6.07. The minimum atomic E-state index is -1.13. The van der Waals surface area contributed by atoms with Crippen LogP contribution in [-0.2, 0) is 9.53 Å². The Labute approximate surface area is 120 Å². The number of fused-ring (bicyclic) bond motifs is 1. The summed E-state index contributed by atoms with van der Waals surface area (Å²) >= 11 is 0. The smallest absolute Gasteiger partial charge is 0.299 e. The van der Waals surface area contributed by atoms with Gasteiger partial charge in [-0.1, -0.05) is 0 Å². The van der Waals surface area contributed by atoms with Gasteiger partial charge >= 0.3 is 0 Å². The number of hydrogen-bond donors (Lipinski definition) is 0. The minimum Gasteiger partial charge on any atom is -0.370 e. The molecule has 1 amide bonds. The van der Waals surface area contributed by atoms with E-state index in [2.05, 4.69) is 0 Å². The van der Waals surface area contributed by atoms with E-state index in [4.69, 9.17) is 4.74 Å². The number of carbonyl (C=O) groups excluding carboxylic acids is 2. The molecule has 0 bridgehead atoms. The van der Waals surface area contributed by atoms with Crippen molar-refractivity contribution in [2.75, 3.05) is 11.4 Å². The molecule has 2 aliphatic rings. The molecule has 2 heterocycles. The Morgan fingerprint density at radius 2 is 1.95 bits per heavy atom. The summed E-state index contributed by atoms with van der Waals surface area (Å²) in [5, 5.41) is 0. The van der Waals surface area contributed by atoms with Crippen molar-refractivity contribution in [2.45, 2.75) is 38.4 Å². The molecule has 0 spiro atoms. The maximum atomic E-state index is 13.4. The van der Waals surface area contributed by atoms with Crippen molar-refractivity contribution < 1.29 is 23.1 Å². The summed E-state index contributed by atoms with van der Waals surface area (Å²) in [7, 11) is 0. The van der Waals surface area contributed by atoms with E-state index in [-0.39, 0.29) is 29.5 Å². The Hall–Kier alpha value is -1.82. The van der Waals surface area contributed by atoms with E-state index >= 15 is 0 Å². The highest BCUT2D eigenvalue weighted by atomic mass is 19.2. The molecule has 1 fully saturated rings. The third-order valence-corrected chi connectivity index (χ3v) is 3.95. The van der Waals surface area contributed by atoms with Gasteiger partial charge in [0, 0.05) is 6.07 Å². The highest BCUT2D eigenvalue weighted by molar-refractivity contribution is 6.52. The van der Waals surface area contributed by atoms with Crippen LogP contribution in [0.3, 0.4) is 0 Å². The molecule has 2 aliphatic heterocycles. The van der Waals surface area contributed by atoms with E-state index in [9.17, 15) is 18.4 Å². The zero-order valence-corrected chi connectivity index (χ0v) is 11.8. The molecule has 0 radical (unpaired) electrons. The Morgan fingerprint density at radius 3 is 2.57 bits per heavy atom. The maximum absolute atomic E-state index is 13.4. The minimum absolute atomic E-state index is 0.0869. The number of nitrogens with zero attached hydrogens (tertiary/aromatic N) is 1. The van der Waals surface area contributed by atoms with Crippen LogP contribution in [0.1, 0.15) is 37.0 Å². The molecule has 3 rings (SSSR count). The van der Waals surface area contributed by atoms with Crippen LogP contribution in [0.5, 0.6) is 0 Å². The van der Waals surface area contributed by atoms with E-state index in [1.807, 2.05) is 13.8 Å². The molecule has 112 valence electrons. The SMILES string of the molecule is CC1(C)CCC(CN2C(=O)C(=O)c3cc(F)c(F)cc32)O1. The van der Waals surface area contributed by atoms with Gasteiger partial charge in [0.15, 0.2) is 11.6 Å². The molecular weight excluding hydrogens is 280 g/mol. The van der Waals surface area contributed by atoms with Crippen LogP contribution in [0.2, 0.25) is 0 Å². The number of Topliss-reactive ketones (excluding diaryl/α,β-unsaturated/α-hetero) is 1. The molecular formula is C15H15F2NO3. The van der Waals surface area contributed by atoms with E-state index < -0.39 is 23.3 Å². The first kappa shape index (κ1) is 14.1. The number of ether oxygens (including phenoxy) is 1. The van der Waals surface area contributed by atoms with Gasteiger partial charge in [0.05, 0.1) is 29.5 Å². The summed E-state index contributed by atoms with van der Waals surface area (Å²) in [5.41, 5.74) is -0.234. The summed E-state index contributed by atoms with van der Waals surface area (Å²) in [4.78, 5) is 25.0. The lowest BCUT2D eigenvalue weighted by atomic mass is 10.1. The fourth-order valence-electron chi connectivity index (χ4n) is 2.88. The average molecular weight is 295 g/mol. The Bertz CT molecular complexity index is 642. The maximum Gasteiger partial charge on any atom is 0.299 e. The lowest BCUT2D eigenvalue weighted by Crippen LogP contribution is -2.37. The summed E-state index contributed by atoms with van der Waals surface area (Å²) < 4.78 is 32.4. The second-order valence-electron chi connectivity index (χ2n) is 6.07. The molecule has 1 saturated heterocycles. The van der Waals surface area contributed by atoms with Crippen molar-refractivity contribution in [3.05, 3.63) is 29.3 Å². The van der Waals surface area contributed by atoms with Crippen molar-refractivity contribution in [2.24, 2.45) is 0 Å². The van der Waals surface area contributed by atoms with Gasteiger partial charge in [-0.25, -0.2) is 8.78 Å². The molecule has 4 nitrogen and oxygen atoms in total. The molecule has 0 aromatic heterocycles. The van der Waals surface area contributed by atoms with E-state index in [0.29, 0.717) is 0 Å². The molecule has 1 unspecified atom stereocenters. The summed E-state index contributed by atoms with van der Waals surface area (Å²) in [6.07, 6.45) is 1.39. The van der Waals surface area contributed by atoms with Crippen LogP contribution in [0.25, 0.3) is 0 Å². The van der Waals surface area contributed by atoms with Gasteiger partial charge in [-0.15, -0.1) is 0 Å². The zero-order chi connectivity index (χ0) is 15.4. The highest BCUT2D eigenvalue weighted by Gasteiger charge is 2.40. The van der Waals surface area contributed by atoms with Crippen LogP contribution >= 0.6 is 0 Å². The molecule has 6 heteroatoms. The molecule has 21 heavy (non-hydrogen) atoms. The van der Waals surface area contributed by atoms with Crippen LogP contribution in [-0.4, -0.2) is 29.9 Å². The zero-order valence-electron chi connectivity index (χ0n) is 11.8. The number of anilines is 1. The Balaban J connectivity index is 1.89. The van der Waals surface area contributed by atoms with Gasteiger partial charge < -0.3 is 9.64 Å². The number of hydrogen-bond acceptors (Lipinski definition) is 3. The Morgan fingerprint density at radius 1 is 1.29 bits per heavy atom. The number of halogens is 2. The number of ketones is 1. The third-order valence-electron chi connectivity index (χ3n) is 3.95. The largest absolute Gasteiger partial charge is 0.370 e. The predicted octanol–water partition coefficient (Wildman–Crippen LogP) is 2.45. The normalized spacial score (nSPS) is 23.8. The lowest BCUT2D eigenvalue weighted by molar-refractivity contribution is -0.114. The summed E-state index contributed by atoms with van der Waals surface area (Å²) in [6, 6.07) is 1.68. The van der Waals surface area contributed by atoms with Crippen molar-refractivity contribution in [3.63, 3.8) is 0 Å². The van der Waals surface area contributed by atoms with Gasteiger partial charge in [0.25, 0.3) is 11.7 Å². The highest BCUT2D eigenvalue weighted by Crippen LogP contribution is 2.34. The van der Waals surface area contributed by atoms with Gasteiger partial charge in [0.2, 0.25) is 0 Å². The van der Waals surface area contributed by atoms with Crippen molar-refractivity contribution in [1.29, 1.82) is 0 Å². The number of carbonyl (C=O) groups is 2. The van der Waals surface area contributed by atoms with Gasteiger partial charge in [-0.3, -0.25) is 9.59 Å². The first-order valence-electron chi connectivity index (χ1n) is 6.81. The van der Waals surface area contributed by atoms with Crippen LogP contribution in [0, 0.1) is 11.6 Å². The number of benzene rings is 1. The number of rotatable bonds is 2. The first-order chi connectivity index (χ1) is 9.78. The molecule has 0 aliphatic carbocycles. The summed E-state index contributed by atoms with van der Waals surface area (Å²) in [6.45, 7) is 4.08. The fraction of sp³-hybridized carbons (Fsp3) is 0.467. The van der Waals surface area contributed by atoms with Crippen molar-refractivity contribution in [3.8, 4) is 0 Å². The quantitative estimate of drug-likeness (QED) is 0.787. The second kappa shape index (κ2) is 4.59. The van der Waals surface area contributed by atoms with Crippen LogP contribution in [0.15, 0.2) is 12.1 Å².